The Labute approximate surface area is 152 Å². The van der Waals surface area contributed by atoms with Gasteiger partial charge in [0.25, 0.3) is 0 Å². The molecule has 0 aliphatic heterocycles. The largest absolute Gasteiger partial charge is 0.467 e. The van der Waals surface area contributed by atoms with Crippen LogP contribution in [0, 0.1) is 5.92 Å². The van der Waals surface area contributed by atoms with Crippen molar-refractivity contribution in [2.45, 2.75) is 40.0 Å². The third-order valence-corrected chi connectivity index (χ3v) is 3.67. The van der Waals surface area contributed by atoms with Crippen molar-refractivity contribution in [3.63, 3.8) is 0 Å². The van der Waals surface area contributed by atoms with E-state index in [4.69, 9.17) is 18.9 Å². The fourth-order valence-electron chi connectivity index (χ4n) is 2.64. The van der Waals surface area contributed by atoms with Gasteiger partial charge in [0.1, 0.15) is 11.5 Å². The third kappa shape index (κ3) is 7.76. The molecule has 1 rings (SSSR count). The van der Waals surface area contributed by atoms with E-state index in [0.29, 0.717) is 12.3 Å². The van der Waals surface area contributed by atoms with Crippen LogP contribution >= 0.6 is 0 Å². The first-order valence-electron chi connectivity index (χ1n) is 8.67. The normalized spacial score (nSPS) is 11.7. The van der Waals surface area contributed by atoms with Gasteiger partial charge in [-0.25, -0.2) is 0 Å². The number of methoxy groups -OCH3 is 2. The van der Waals surface area contributed by atoms with Gasteiger partial charge >= 0.3 is 0 Å². The molecule has 0 bridgehead atoms. The molecule has 1 aromatic carbocycles. The van der Waals surface area contributed by atoms with Gasteiger partial charge in [0.05, 0.1) is 0 Å². The predicted octanol–water partition coefficient (Wildman–Crippen LogP) is 4.92. The van der Waals surface area contributed by atoms with Gasteiger partial charge in [-0.05, 0) is 44.2 Å². The van der Waals surface area contributed by atoms with Gasteiger partial charge in [0.2, 0.25) is 0 Å². The van der Waals surface area contributed by atoms with E-state index in [1.54, 1.807) is 14.2 Å². The Hall–Kier alpha value is -1.78. The summed E-state index contributed by atoms with van der Waals surface area (Å²) in [7, 11) is 3.23. The summed E-state index contributed by atoms with van der Waals surface area (Å²) in [6, 6.07) is 4.04. The highest BCUT2D eigenvalue weighted by molar-refractivity contribution is 5.48. The summed E-state index contributed by atoms with van der Waals surface area (Å²) < 4.78 is 21.6. The van der Waals surface area contributed by atoms with E-state index < -0.39 is 0 Å². The maximum Gasteiger partial charge on any atom is 0.188 e. The van der Waals surface area contributed by atoms with Crippen molar-refractivity contribution >= 4 is 0 Å². The molecule has 1 aromatic rings. The van der Waals surface area contributed by atoms with Gasteiger partial charge in [0, 0.05) is 25.3 Å². The quantitative estimate of drug-likeness (QED) is 0.397. The van der Waals surface area contributed by atoms with Crippen LogP contribution in [0.5, 0.6) is 11.5 Å². The second-order valence-corrected chi connectivity index (χ2v) is 6.51. The lowest BCUT2D eigenvalue weighted by atomic mass is 10.00. The third-order valence-electron chi connectivity index (χ3n) is 3.67. The zero-order valence-electron chi connectivity index (χ0n) is 16.3. The average molecular weight is 348 g/mol. The Morgan fingerprint density at radius 1 is 1.00 bits per heavy atom. The Kier molecular flexibility index (Phi) is 9.97. The zero-order chi connectivity index (χ0) is 18.7. The summed E-state index contributed by atoms with van der Waals surface area (Å²) in [5, 5.41) is 0. The molecule has 0 spiro atoms. The molecule has 0 saturated carbocycles. The molecule has 0 radical (unpaired) electrons. The number of allylic oxidation sites excluding steroid dienone is 3. The fourth-order valence-corrected chi connectivity index (χ4v) is 2.64. The van der Waals surface area contributed by atoms with Crippen LogP contribution in [-0.4, -0.2) is 27.8 Å². The molecule has 0 fully saturated rings. The van der Waals surface area contributed by atoms with Crippen LogP contribution in [0.2, 0.25) is 0 Å². The number of rotatable bonds is 12. The molecule has 0 unspecified atom stereocenters. The van der Waals surface area contributed by atoms with Crippen LogP contribution in [0.4, 0.5) is 0 Å². The highest BCUT2D eigenvalue weighted by Crippen LogP contribution is 2.31. The molecule has 0 aromatic heterocycles. The van der Waals surface area contributed by atoms with E-state index in [9.17, 15) is 0 Å². The first kappa shape index (κ1) is 21.3. The van der Waals surface area contributed by atoms with Crippen molar-refractivity contribution in [3.05, 3.63) is 47.6 Å². The number of benzene rings is 1. The van der Waals surface area contributed by atoms with E-state index in [1.165, 1.54) is 5.57 Å². The van der Waals surface area contributed by atoms with Crippen LogP contribution in [-0.2, 0) is 22.3 Å². The van der Waals surface area contributed by atoms with Crippen molar-refractivity contribution in [2.75, 3.05) is 27.8 Å². The summed E-state index contributed by atoms with van der Waals surface area (Å²) in [5.41, 5.74) is 3.46. The van der Waals surface area contributed by atoms with Gasteiger partial charge in [0.15, 0.2) is 13.6 Å². The summed E-state index contributed by atoms with van der Waals surface area (Å²) in [6.07, 6.45) is 6.68. The second kappa shape index (κ2) is 11.7. The van der Waals surface area contributed by atoms with Crippen molar-refractivity contribution in [1.29, 1.82) is 0 Å². The highest BCUT2D eigenvalue weighted by atomic mass is 16.7. The smallest absolute Gasteiger partial charge is 0.188 e. The lowest BCUT2D eigenvalue weighted by Crippen LogP contribution is -2.06. The van der Waals surface area contributed by atoms with E-state index in [2.05, 4.69) is 33.4 Å². The fraction of sp³-hybridized carbons (Fsp3) is 0.524. The standard InChI is InChI=1S/C21H32O4/c1-7-8-18-12-21(25-15-23-6)19(13-20(18)24-14-22-5)10-9-17(4)11-16(2)3/h7,9,12-13,16H,1,8,10-11,14-15H2,2-6H3/b17-9+. The van der Waals surface area contributed by atoms with Crippen LogP contribution < -0.4 is 9.47 Å². The Bertz CT molecular complexity index is 561. The van der Waals surface area contributed by atoms with E-state index >= 15 is 0 Å². The Morgan fingerprint density at radius 3 is 1.96 bits per heavy atom. The minimum atomic E-state index is 0.212. The summed E-state index contributed by atoms with van der Waals surface area (Å²) in [5.74, 6) is 2.27. The van der Waals surface area contributed by atoms with Crippen LogP contribution in [0.1, 0.15) is 38.3 Å². The lowest BCUT2D eigenvalue weighted by molar-refractivity contribution is 0.0474. The van der Waals surface area contributed by atoms with Crippen molar-refractivity contribution in [1.82, 2.24) is 0 Å². The number of ether oxygens (including phenoxy) is 4. The monoisotopic (exact) mass is 348 g/mol. The molecule has 0 N–H and O–H groups in total. The molecule has 0 aliphatic rings. The topological polar surface area (TPSA) is 36.9 Å². The average Bonchev–Trinajstić information content (AvgIpc) is 2.57. The van der Waals surface area contributed by atoms with Gasteiger partial charge in [-0.15, -0.1) is 6.58 Å². The Balaban J connectivity index is 3.13. The maximum absolute atomic E-state index is 5.77. The molecular weight excluding hydrogens is 316 g/mol. The molecule has 0 amide bonds. The summed E-state index contributed by atoms with van der Waals surface area (Å²) >= 11 is 0. The number of hydrogen-bond acceptors (Lipinski definition) is 4. The molecule has 0 heterocycles. The first-order valence-corrected chi connectivity index (χ1v) is 8.67. The SMILES string of the molecule is C=CCc1cc(OCOC)c(C/C=C(\C)CC(C)C)cc1OCOC. The molecule has 4 heteroatoms. The molecule has 4 nitrogen and oxygen atoms in total. The number of hydrogen-bond donors (Lipinski definition) is 0. The van der Waals surface area contributed by atoms with Gasteiger partial charge in [-0.3, -0.25) is 0 Å². The van der Waals surface area contributed by atoms with Crippen LogP contribution in [0.25, 0.3) is 0 Å². The van der Waals surface area contributed by atoms with Crippen molar-refractivity contribution in [3.8, 4) is 11.5 Å². The zero-order valence-corrected chi connectivity index (χ0v) is 16.3. The molecule has 0 saturated heterocycles. The van der Waals surface area contributed by atoms with Crippen molar-refractivity contribution in [2.24, 2.45) is 5.92 Å². The van der Waals surface area contributed by atoms with Crippen LogP contribution in [0.15, 0.2) is 36.4 Å². The minimum Gasteiger partial charge on any atom is -0.467 e. The van der Waals surface area contributed by atoms with Crippen LogP contribution in [0.3, 0.4) is 0 Å². The molecular formula is C21H32O4. The Morgan fingerprint density at radius 2 is 1.52 bits per heavy atom. The maximum atomic E-state index is 5.77. The molecule has 25 heavy (non-hydrogen) atoms. The highest BCUT2D eigenvalue weighted by Gasteiger charge is 2.12. The van der Waals surface area contributed by atoms with Gasteiger partial charge in [-0.2, -0.15) is 0 Å². The van der Waals surface area contributed by atoms with Crippen molar-refractivity contribution < 1.29 is 18.9 Å². The summed E-state index contributed by atoms with van der Waals surface area (Å²) in [4.78, 5) is 0. The molecule has 0 aliphatic carbocycles. The molecule has 0 atom stereocenters. The second-order valence-electron chi connectivity index (χ2n) is 6.51. The van der Waals surface area contributed by atoms with E-state index in [0.717, 1.165) is 35.5 Å². The summed E-state index contributed by atoms with van der Waals surface area (Å²) in [6.45, 7) is 10.9. The predicted molar refractivity (Wildman–Crippen MR) is 102 cm³/mol. The van der Waals surface area contributed by atoms with Gasteiger partial charge < -0.3 is 18.9 Å². The van der Waals surface area contributed by atoms with E-state index in [-0.39, 0.29) is 13.6 Å². The first-order chi connectivity index (χ1) is 12.0. The lowest BCUT2D eigenvalue weighted by Gasteiger charge is -2.16. The minimum absolute atomic E-state index is 0.212. The molecule has 140 valence electrons. The van der Waals surface area contributed by atoms with Gasteiger partial charge in [-0.1, -0.05) is 31.6 Å². The van der Waals surface area contributed by atoms with E-state index in [1.807, 2.05) is 18.2 Å².